The fourth-order valence-electron chi connectivity index (χ4n) is 1.24. The number of carboxylic acid groups (broad SMARTS) is 1. The Morgan fingerprint density at radius 2 is 1.94 bits per heavy atom. The minimum atomic E-state index is -3.67. The molecule has 2 N–H and O–H groups in total. The molecule has 0 saturated heterocycles. The van der Waals surface area contributed by atoms with E-state index >= 15 is 0 Å². The van der Waals surface area contributed by atoms with E-state index in [-0.39, 0.29) is 19.4 Å². The molecule has 0 rings (SSSR count). The fraction of sp³-hybridized carbons (Fsp3) is 0.800. The quantitative estimate of drug-likeness (QED) is 0.581. The van der Waals surface area contributed by atoms with E-state index in [0.29, 0.717) is 6.42 Å². The molecule has 0 aromatic rings. The Kier molecular flexibility index (Phi) is 7.53. The second-order valence-corrected chi connectivity index (χ2v) is 5.57. The molecule has 18 heavy (non-hydrogen) atoms. The predicted octanol–water partition coefficient (Wildman–Crippen LogP) is 0.112. The van der Waals surface area contributed by atoms with E-state index in [0.717, 1.165) is 0 Å². The number of carbonyl (C=O) groups is 2. The molecular weight excluding hydrogens is 262 g/mol. The van der Waals surface area contributed by atoms with Gasteiger partial charge in [-0.1, -0.05) is 6.92 Å². The van der Waals surface area contributed by atoms with Gasteiger partial charge in [0.15, 0.2) is 0 Å². The number of carboxylic acids is 1. The van der Waals surface area contributed by atoms with Gasteiger partial charge in [-0.25, -0.2) is 13.1 Å². The van der Waals surface area contributed by atoms with E-state index in [1.165, 1.54) is 0 Å². The Hall–Kier alpha value is -1.15. The molecule has 1 unspecified atom stereocenters. The highest BCUT2D eigenvalue weighted by molar-refractivity contribution is 7.89. The summed E-state index contributed by atoms with van der Waals surface area (Å²) in [5, 5.41) is 8.59. The molecule has 0 amide bonds. The van der Waals surface area contributed by atoms with Crippen LogP contribution in [-0.2, 0) is 24.3 Å². The van der Waals surface area contributed by atoms with Crippen LogP contribution in [0.15, 0.2) is 0 Å². The van der Waals surface area contributed by atoms with Gasteiger partial charge in [-0.05, 0) is 13.3 Å². The van der Waals surface area contributed by atoms with Crippen LogP contribution in [0.1, 0.15) is 33.1 Å². The lowest BCUT2D eigenvalue weighted by atomic mass is 10.2. The molecule has 0 fully saturated rings. The first-order chi connectivity index (χ1) is 8.30. The smallest absolute Gasteiger partial charge is 0.306 e. The van der Waals surface area contributed by atoms with Crippen LogP contribution < -0.4 is 4.72 Å². The molecule has 0 radical (unpaired) electrons. The number of ether oxygens (including phenoxy) is 1. The van der Waals surface area contributed by atoms with Gasteiger partial charge in [-0.3, -0.25) is 9.59 Å². The molecule has 0 bridgehead atoms. The van der Waals surface area contributed by atoms with Crippen LogP contribution in [0.3, 0.4) is 0 Å². The maximum absolute atomic E-state index is 11.6. The first-order valence-electron chi connectivity index (χ1n) is 5.68. The van der Waals surface area contributed by atoms with Crippen LogP contribution in [0.4, 0.5) is 0 Å². The summed E-state index contributed by atoms with van der Waals surface area (Å²) in [4.78, 5) is 21.5. The third kappa shape index (κ3) is 8.02. The molecule has 0 aliphatic heterocycles. The van der Waals surface area contributed by atoms with Crippen molar-refractivity contribution >= 4 is 22.0 Å². The van der Waals surface area contributed by atoms with Gasteiger partial charge in [0, 0.05) is 6.04 Å². The molecule has 106 valence electrons. The highest BCUT2D eigenvalue weighted by Gasteiger charge is 2.20. The number of aliphatic carboxylic acids is 1. The fourth-order valence-corrected chi connectivity index (χ4v) is 2.55. The number of sulfonamides is 1. The number of carbonyl (C=O) groups excluding carboxylic acids is 1. The summed E-state index contributed by atoms with van der Waals surface area (Å²) in [6, 6.07) is -0.658. The third-order valence-electron chi connectivity index (χ3n) is 2.14. The number of esters is 1. The number of hydrogen-bond acceptors (Lipinski definition) is 5. The van der Waals surface area contributed by atoms with Gasteiger partial charge in [0.1, 0.15) is 0 Å². The summed E-state index contributed by atoms with van der Waals surface area (Å²) in [5.74, 6) is -2.06. The topological polar surface area (TPSA) is 110 Å². The lowest BCUT2D eigenvalue weighted by Gasteiger charge is -2.14. The molecule has 0 aliphatic carbocycles. The zero-order chi connectivity index (χ0) is 14.2. The average molecular weight is 281 g/mol. The highest BCUT2D eigenvalue weighted by Crippen LogP contribution is 2.02. The summed E-state index contributed by atoms with van der Waals surface area (Å²) >= 11 is 0. The van der Waals surface area contributed by atoms with Crippen LogP contribution in [0.25, 0.3) is 0 Å². The minimum absolute atomic E-state index is 0.197. The van der Waals surface area contributed by atoms with Crippen molar-refractivity contribution in [3.8, 4) is 0 Å². The van der Waals surface area contributed by atoms with Crippen molar-refractivity contribution in [1.82, 2.24) is 4.72 Å². The van der Waals surface area contributed by atoms with Crippen LogP contribution in [0, 0.1) is 0 Å². The van der Waals surface area contributed by atoms with Gasteiger partial charge in [0.25, 0.3) is 0 Å². The standard InChI is InChI=1S/C10H19NO6S/c1-3-8(7-9(12)13)11-18(15,16)6-5-10(14)17-4-2/h8,11H,3-7H2,1-2H3,(H,12,13). The van der Waals surface area contributed by atoms with Crippen molar-refractivity contribution in [3.05, 3.63) is 0 Å². The Labute approximate surface area is 107 Å². The Morgan fingerprint density at radius 3 is 2.39 bits per heavy atom. The first kappa shape index (κ1) is 16.9. The van der Waals surface area contributed by atoms with Gasteiger partial charge >= 0.3 is 11.9 Å². The molecule has 0 saturated carbocycles. The molecule has 0 aromatic carbocycles. The van der Waals surface area contributed by atoms with Crippen LogP contribution in [-0.4, -0.2) is 43.9 Å². The summed E-state index contributed by atoms with van der Waals surface area (Å²) in [5.41, 5.74) is 0. The maximum Gasteiger partial charge on any atom is 0.306 e. The molecule has 1 atom stereocenters. The molecule has 7 nitrogen and oxygen atoms in total. The number of hydrogen-bond donors (Lipinski definition) is 2. The van der Waals surface area contributed by atoms with Gasteiger partial charge in [0.2, 0.25) is 10.0 Å². The second-order valence-electron chi connectivity index (χ2n) is 3.69. The van der Waals surface area contributed by atoms with E-state index in [1.807, 2.05) is 0 Å². The van der Waals surface area contributed by atoms with E-state index < -0.39 is 33.8 Å². The van der Waals surface area contributed by atoms with Crippen LogP contribution in [0.2, 0.25) is 0 Å². The van der Waals surface area contributed by atoms with E-state index in [2.05, 4.69) is 9.46 Å². The summed E-state index contributed by atoms with van der Waals surface area (Å²) in [6.45, 7) is 3.51. The molecule has 0 heterocycles. The van der Waals surface area contributed by atoms with E-state index in [9.17, 15) is 18.0 Å². The van der Waals surface area contributed by atoms with E-state index in [1.54, 1.807) is 13.8 Å². The lowest BCUT2D eigenvalue weighted by Crippen LogP contribution is -2.37. The van der Waals surface area contributed by atoms with Crippen molar-refractivity contribution in [2.75, 3.05) is 12.4 Å². The zero-order valence-electron chi connectivity index (χ0n) is 10.5. The van der Waals surface area contributed by atoms with Crippen molar-refractivity contribution in [3.63, 3.8) is 0 Å². The zero-order valence-corrected chi connectivity index (χ0v) is 11.3. The third-order valence-corrected chi connectivity index (χ3v) is 3.57. The molecular formula is C10H19NO6S. The predicted molar refractivity (Wildman–Crippen MR) is 64.5 cm³/mol. The number of rotatable bonds is 9. The van der Waals surface area contributed by atoms with Crippen molar-refractivity contribution < 1.29 is 27.9 Å². The maximum atomic E-state index is 11.6. The largest absolute Gasteiger partial charge is 0.481 e. The summed E-state index contributed by atoms with van der Waals surface area (Å²) < 4.78 is 30.0. The minimum Gasteiger partial charge on any atom is -0.481 e. The van der Waals surface area contributed by atoms with Gasteiger partial charge < -0.3 is 9.84 Å². The van der Waals surface area contributed by atoms with Gasteiger partial charge in [0.05, 0.1) is 25.2 Å². The average Bonchev–Trinajstić information content (AvgIpc) is 2.25. The molecule has 0 spiro atoms. The van der Waals surface area contributed by atoms with Crippen LogP contribution >= 0.6 is 0 Å². The van der Waals surface area contributed by atoms with Crippen molar-refractivity contribution in [2.45, 2.75) is 39.2 Å². The van der Waals surface area contributed by atoms with Crippen molar-refractivity contribution in [2.24, 2.45) is 0 Å². The normalized spacial score (nSPS) is 13.0. The summed E-state index contributed by atoms with van der Waals surface area (Å²) in [6.07, 6.45) is -0.160. The van der Waals surface area contributed by atoms with Gasteiger partial charge in [-0.15, -0.1) is 0 Å². The monoisotopic (exact) mass is 281 g/mol. The number of nitrogens with one attached hydrogen (secondary N) is 1. The lowest BCUT2D eigenvalue weighted by molar-refractivity contribution is -0.142. The second kappa shape index (κ2) is 8.04. The van der Waals surface area contributed by atoms with Gasteiger partial charge in [-0.2, -0.15) is 0 Å². The van der Waals surface area contributed by atoms with Crippen LogP contribution in [0.5, 0.6) is 0 Å². The molecule has 0 aliphatic rings. The Balaban J connectivity index is 4.28. The van der Waals surface area contributed by atoms with E-state index in [4.69, 9.17) is 5.11 Å². The molecule has 0 aromatic heterocycles. The van der Waals surface area contributed by atoms with Crippen molar-refractivity contribution in [1.29, 1.82) is 0 Å². The Bertz CT molecular complexity index is 378. The first-order valence-corrected chi connectivity index (χ1v) is 7.33. The summed E-state index contributed by atoms with van der Waals surface area (Å²) in [7, 11) is -3.67. The molecule has 8 heteroatoms. The highest BCUT2D eigenvalue weighted by atomic mass is 32.2. The SMILES string of the molecule is CCOC(=O)CCS(=O)(=O)NC(CC)CC(=O)O. The Morgan fingerprint density at radius 1 is 1.33 bits per heavy atom.